The van der Waals surface area contributed by atoms with Gasteiger partial charge in [0.05, 0.1) is 4.92 Å². The standard InChI is InChI=1S/C15H17N3O3/c1-12(13-3-2-8-16-11-13)17-9-10-21-15-6-4-14(5-7-15)18(19)20/h2-8,11-12,17H,9-10H2,1H3/t12-/m0/s1. The quantitative estimate of drug-likeness (QED) is 0.481. The SMILES string of the molecule is C[C@H](NCCOc1ccc([N+](=O)[O-])cc1)c1cccnc1. The van der Waals surface area contributed by atoms with E-state index in [2.05, 4.69) is 17.2 Å². The molecule has 0 aliphatic heterocycles. The van der Waals surface area contributed by atoms with Crippen molar-refractivity contribution >= 4 is 5.69 Å². The molecule has 21 heavy (non-hydrogen) atoms. The Morgan fingerprint density at radius 3 is 2.71 bits per heavy atom. The fourth-order valence-electron chi connectivity index (χ4n) is 1.86. The van der Waals surface area contributed by atoms with Gasteiger partial charge in [0.15, 0.2) is 0 Å². The van der Waals surface area contributed by atoms with Crippen molar-refractivity contribution < 1.29 is 9.66 Å². The molecule has 1 aromatic heterocycles. The van der Waals surface area contributed by atoms with Gasteiger partial charge in [-0.1, -0.05) is 6.07 Å². The number of nitro benzene ring substituents is 1. The van der Waals surface area contributed by atoms with Crippen LogP contribution in [-0.2, 0) is 0 Å². The van der Waals surface area contributed by atoms with Crippen LogP contribution in [0.25, 0.3) is 0 Å². The molecule has 2 aromatic rings. The Morgan fingerprint density at radius 1 is 1.33 bits per heavy atom. The second-order valence-electron chi connectivity index (χ2n) is 4.56. The Kier molecular flexibility index (Phi) is 5.22. The number of ether oxygens (including phenoxy) is 1. The Morgan fingerprint density at radius 2 is 2.10 bits per heavy atom. The van der Waals surface area contributed by atoms with E-state index in [-0.39, 0.29) is 11.7 Å². The second kappa shape index (κ2) is 7.35. The van der Waals surface area contributed by atoms with Crippen molar-refractivity contribution in [3.8, 4) is 5.75 Å². The Bertz CT molecular complexity index is 572. The molecule has 110 valence electrons. The first kappa shape index (κ1) is 14.9. The van der Waals surface area contributed by atoms with E-state index < -0.39 is 4.92 Å². The molecule has 0 aliphatic carbocycles. The number of pyridine rings is 1. The molecule has 6 nitrogen and oxygen atoms in total. The van der Waals surface area contributed by atoms with Gasteiger partial charge in [-0.05, 0) is 30.7 Å². The largest absolute Gasteiger partial charge is 0.492 e. The summed E-state index contributed by atoms with van der Waals surface area (Å²) in [7, 11) is 0. The van der Waals surface area contributed by atoms with Crippen LogP contribution in [0.1, 0.15) is 18.5 Å². The summed E-state index contributed by atoms with van der Waals surface area (Å²) in [6, 6.07) is 10.2. The zero-order chi connectivity index (χ0) is 15.1. The van der Waals surface area contributed by atoms with Crippen LogP contribution in [0.3, 0.4) is 0 Å². The molecule has 1 atom stereocenters. The lowest BCUT2D eigenvalue weighted by Crippen LogP contribution is -2.24. The number of nitrogens with zero attached hydrogens (tertiary/aromatic N) is 2. The van der Waals surface area contributed by atoms with E-state index in [9.17, 15) is 10.1 Å². The Labute approximate surface area is 122 Å². The van der Waals surface area contributed by atoms with E-state index in [1.54, 1.807) is 18.3 Å². The highest BCUT2D eigenvalue weighted by atomic mass is 16.6. The summed E-state index contributed by atoms with van der Waals surface area (Å²) < 4.78 is 5.53. The van der Waals surface area contributed by atoms with E-state index >= 15 is 0 Å². The lowest BCUT2D eigenvalue weighted by molar-refractivity contribution is -0.384. The summed E-state index contributed by atoms with van der Waals surface area (Å²) >= 11 is 0. The predicted octanol–water partition coefficient (Wildman–Crippen LogP) is 2.72. The summed E-state index contributed by atoms with van der Waals surface area (Å²) in [4.78, 5) is 14.2. The van der Waals surface area contributed by atoms with Crippen LogP contribution in [0.15, 0.2) is 48.8 Å². The number of hydrogen-bond donors (Lipinski definition) is 1. The maximum absolute atomic E-state index is 10.5. The zero-order valence-corrected chi connectivity index (χ0v) is 11.7. The highest BCUT2D eigenvalue weighted by molar-refractivity contribution is 5.35. The summed E-state index contributed by atoms with van der Waals surface area (Å²) in [6.07, 6.45) is 3.57. The van der Waals surface area contributed by atoms with Gasteiger partial charge in [0.2, 0.25) is 0 Å². The fourth-order valence-corrected chi connectivity index (χ4v) is 1.86. The fraction of sp³-hybridized carbons (Fsp3) is 0.267. The molecule has 2 rings (SSSR count). The first-order chi connectivity index (χ1) is 10.2. The number of hydrogen-bond acceptors (Lipinski definition) is 5. The van der Waals surface area contributed by atoms with Crippen LogP contribution >= 0.6 is 0 Å². The van der Waals surface area contributed by atoms with E-state index in [0.717, 1.165) is 5.56 Å². The van der Waals surface area contributed by atoms with E-state index in [0.29, 0.717) is 18.9 Å². The monoisotopic (exact) mass is 287 g/mol. The van der Waals surface area contributed by atoms with Crippen LogP contribution in [0.2, 0.25) is 0 Å². The lowest BCUT2D eigenvalue weighted by Gasteiger charge is -2.14. The topological polar surface area (TPSA) is 77.3 Å². The Hall–Kier alpha value is -2.47. The molecule has 1 N–H and O–H groups in total. The van der Waals surface area contributed by atoms with Gasteiger partial charge in [-0.15, -0.1) is 0 Å². The number of nitro groups is 1. The third-order valence-corrected chi connectivity index (χ3v) is 3.05. The number of non-ortho nitro benzene ring substituents is 1. The van der Waals surface area contributed by atoms with Gasteiger partial charge in [-0.3, -0.25) is 15.1 Å². The molecule has 6 heteroatoms. The predicted molar refractivity (Wildman–Crippen MR) is 79.2 cm³/mol. The average molecular weight is 287 g/mol. The molecule has 0 bridgehead atoms. The first-order valence-corrected chi connectivity index (χ1v) is 6.67. The van der Waals surface area contributed by atoms with Crippen LogP contribution in [-0.4, -0.2) is 23.1 Å². The van der Waals surface area contributed by atoms with E-state index in [1.807, 2.05) is 18.3 Å². The third kappa shape index (κ3) is 4.54. The van der Waals surface area contributed by atoms with Crippen molar-refractivity contribution in [2.45, 2.75) is 13.0 Å². The second-order valence-corrected chi connectivity index (χ2v) is 4.56. The zero-order valence-electron chi connectivity index (χ0n) is 11.7. The van der Waals surface area contributed by atoms with Gasteiger partial charge in [-0.25, -0.2) is 0 Å². The van der Waals surface area contributed by atoms with Gasteiger partial charge in [0, 0.05) is 37.1 Å². The number of nitrogens with one attached hydrogen (secondary N) is 1. The van der Waals surface area contributed by atoms with Crippen molar-refractivity contribution in [2.24, 2.45) is 0 Å². The summed E-state index contributed by atoms with van der Waals surface area (Å²) in [5, 5.41) is 13.9. The molecule has 0 amide bonds. The summed E-state index contributed by atoms with van der Waals surface area (Å²) in [6.45, 7) is 3.22. The van der Waals surface area contributed by atoms with Crippen molar-refractivity contribution in [2.75, 3.05) is 13.2 Å². The minimum atomic E-state index is -0.430. The third-order valence-electron chi connectivity index (χ3n) is 3.05. The van der Waals surface area contributed by atoms with Gasteiger partial charge in [0.25, 0.3) is 5.69 Å². The van der Waals surface area contributed by atoms with E-state index in [4.69, 9.17) is 4.74 Å². The molecular formula is C15H17N3O3. The van der Waals surface area contributed by atoms with Crippen LogP contribution in [0.4, 0.5) is 5.69 Å². The van der Waals surface area contributed by atoms with Crippen molar-refractivity contribution in [1.82, 2.24) is 10.3 Å². The Balaban J connectivity index is 1.73. The molecule has 0 saturated carbocycles. The number of aromatic nitrogens is 1. The summed E-state index contributed by atoms with van der Waals surface area (Å²) in [5.41, 5.74) is 1.18. The van der Waals surface area contributed by atoms with Crippen LogP contribution < -0.4 is 10.1 Å². The van der Waals surface area contributed by atoms with Gasteiger partial charge < -0.3 is 10.1 Å². The van der Waals surface area contributed by atoms with Gasteiger partial charge in [0.1, 0.15) is 12.4 Å². The first-order valence-electron chi connectivity index (χ1n) is 6.67. The molecule has 0 fully saturated rings. The highest BCUT2D eigenvalue weighted by Gasteiger charge is 2.05. The van der Waals surface area contributed by atoms with Gasteiger partial charge >= 0.3 is 0 Å². The molecule has 1 heterocycles. The van der Waals surface area contributed by atoms with Crippen molar-refractivity contribution in [1.29, 1.82) is 0 Å². The molecule has 1 aromatic carbocycles. The van der Waals surface area contributed by atoms with E-state index in [1.165, 1.54) is 12.1 Å². The molecule has 0 aliphatic rings. The van der Waals surface area contributed by atoms with Crippen LogP contribution in [0, 0.1) is 10.1 Å². The molecular weight excluding hydrogens is 270 g/mol. The lowest BCUT2D eigenvalue weighted by atomic mass is 10.1. The number of benzene rings is 1. The normalized spacial score (nSPS) is 11.9. The molecule has 0 spiro atoms. The average Bonchev–Trinajstić information content (AvgIpc) is 2.52. The van der Waals surface area contributed by atoms with Crippen molar-refractivity contribution in [3.05, 3.63) is 64.5 Å². The minimum absolute atomic E-state index is 0.0608. The van der Waals surface area contributed by atoms with Gasteiger partial charge in [-0.2, -0.15) is 0 Å². The smallest absolute Gasteiger partial charge is 0.269 e. The summed E-state index contributed by atoms with van der Waals surface area (Å²) in [5.74, 6) is 0.622. The molecule has 0 radical (unpaired) electrons. The van der Waals surface area contributed by atoms with Crippen molar-refractivity contribution in [3.63, 3.8) is 0 Å². The number of rotatable bonds is 7. The molecule has 0 unspecified atom stereocenters. The minimum Gasteiger partial charge on any atom is -0.492 e. The van der Waals surface area contributed by atoms with Crippen LogP contribution in [0.5, 0.6) is 5.75 Å². The maximum atomic E-state index is 10.5. The highest BCUT2D eigenvalue weighted by Crippen LogP contribution is 2.17. The maximum Gasteiger partial charge on any atom is 0.269 e. The molecule has 0 saturated heterocycles.